The molecule has 0 unspecified atom stereocenters. The number of aromatic nitrogens is 3. The van der Waals surface area contributed by atoms with Crippen molar-refractivity contribution in [2.75, 3.05) is 37.7 Å². The molecule has 2 aliphatic rings. The number of anilines is 1. The molecule has 2 aliphatic heterocycles. The highest BCUT2D eigenvalue weighted by atomic mass is 16.5. The zero-order valence-corrected chi connectivity index (χ0v) is 18.1. The molecule has 1 N–H and O–H groups in total. The van der Waals surface area contributed by atoms with E-state index in [1.165, 1.54) is 16.6 Å². The highest BCUT2D eigenvalue weighted by Gasteiger charge is 2.39. The van der Waals surface area contributed by atoms with E-state index in [0.717, 1.165) is 51.4 Å². The first-order valence-corrected chi connectivity index (χ1v) is 11.1. The third kappa shape index (κ3) is 4.58. The minimum atomic E-state index is -0.337. The largest absolute Gasteiger partial charge is 0.488 e. The summed E-state index contributed by atoms with van der Waals surface area (Å²) in [5.41, 5.74) is 2.10. The molecule has 5 rings (SSSR count). The van der Waals surface area contributed by atoms with E-state index in [4.69, 9.17) is 11.2 Å². The van der Waals surface area contributed by atoms with Crippen molar-refractivity contribution < 1.29 is 4.74 Å². The minimum absolute atomic E-state index is 0.337. The Bertz CT molecular complexity index is 1100. The molecule has 3 aromatic rings. The summed E-state index contributed by atoms with van der Waals surface area (Å²) in [4.78, 5) is 16.9. The molecular weight excluding hydrogens is 402 g/mol. The van der Waals surface area contributed by atoms with Crippen molar-refractivity contribution in [3.63, 3.8) is 0 Å². The van der Waals surface area contributed by atoms with Gasteiger partial charge in [0.25, 0.3) is 0 Å². The van der Waals surface area contributed by atoms with E-state index >= 15 is 0 Å². The number of benzene rings is 1. The van der Waals surface area contributed by atoms with Crippen LogP contribution >= 0.6 is 0 Å². The topological polar surface area (TPSA) is 82.0 Å². The molecule has 8 heteroatoms. The number of nitrogens with one attached hydrogen (secondary N) is 1. The average molecular weight is 430 g/mol. The molecule has 0 bridgehead atoms. The summed E-state index contributed by atoms with van der Waals surface area (Å²) in [5.74, 6) is 4.22. The average Bonchev–Trinajstić information content (AvgIpc) is 3.48. The Labute approximate surface area is 187 Å². The van der Waals surface area contributed by atoms with Crippen molar-refractivity contribution in [2.45, 2.75) is 31.5 Å². The van der Waals surface area contributed by atoms with Crippen LogP contribution in [0.3, 0.4) is 0 Å². The van der Waals surface area contributed by atoms with E-state index in [2.05, 4.69) is 71.2 Å². The Morgan fingerprint density at radius 3 is 2.75 bits per heavy atom. The lowest BCUT2D eigenvalue weighted by molar-refractivity contribution is 0.244. The van der Waals surface area contributed by atoms with E-state index in [0.29, 0.717) is 18.8 Å². The van der Waals surface area contributed by atoms with Gasteiger partial charge in [0, 0.05) is 63.2 Å². The molecule has 0 atom stereocenters. The van der Waals surface area contributed by atoms with Gasteiger partial charge in [-0.1, -0.05) is 18.2 Å². The fourth-order valence-electron chi connectivity index (χ4n) is 4.22. The van der Waals surface area contributed by atoms with Crippen LogP contribution in [0.2, 0.25) is 0 Å². The molecule has 0 radical (unpaired) electrons. The number of rotatable bonds is 9. The number of hydrogen-bond acceptors (Lipinski definition) is 7. The first kappa shape index (κ1) is 20.5. The predicted octanol–water partition coefficient (Wildman–Crippen LogP) is 3.62. The Morgan fingerprint density at radius 1 is 1.12 bits per heavy atom. The lowest BCUT2D eigenvalue weighted by atomic mass is 10.1. The van der Waals surface area contributed by atoms with Gasteiger partial charge >= 0.3 is 0 Å². The summed E-state index contributed by atoms with van der Waals surface area (Å²) in [5, 5.41) is 9.60. The molecule has 1 saturated heterocycles. The maximum absolute atomic E-state index is 6.05. The summed E-state index contributed by atoms with van der Waals surface area (Å²) in [6, 6.07) is 10.6. The van der Waals surface area contributed by atoms with Gasteiger partial charge in [-0.3, -0.25) is 4.90 Å². The number of hydrogen-bond donors (Lipinski definition) is 1. The molecule has 0 spiro atoms. The molecule has 0 aliphatic carbocycles. The van der Waals surface area contributed by atoms with Crippen LogP contribution in [0.15, 0.2) is 53.1 Å². The van der Waals surface area contributed by atoms with Crippen LogP contribution in [0.5, 0.6) is 5.75 Å². The predicted molar refractivity (Wildman–Crippen MR) is 124 cm³/mol. The number of piperazine rings is 1. The molecule has 32 heavy (non-hydrogen) atoms. The van der Waals surface area contributed by atoms with Gasteiger partial charge in [0.05, 0.1) is 12.8 Å². The van der Waals surface area contributed by atoms with E-state index in [-0.39, 0.29) is 5.66 Å². The Morgan fingerprint density at radius 2 is 1.97 bits per heavy atom. The van der Waals surface area contributed by atoms with Crippen LogP contribution in [0.25, 0.3) is 10.9 Å². The van der Waals surface area contributed by atoms with E-state index < -0.39 is 0 Å². The lowest BCUT2D eigenvalue weighted by Crippen LogP contribution is -2.46. The monoisotopic (exact) mass is 429 g/mol. The van der Waals surface area contributed by atoms with E-state index in [1.54, 1.807) is 12.5 Å². The summed E-state index contributed by atoms with van der Waals surface area (Å²) in [7, 11) is 0. The third-order valence-corrected chi connectivity index (χ3v) is 6.12. The second kappa shape index (κ2) is 8.97. The highest BCUT2D eigenvalue weighted by molar-refractivity contribution is 5.80. The van der Waals surface area contributed by atoms with Gasteiger partial charge < -0.3 is 14.6 Å². The van der Waals surface area contributed by atoms with Crippen LogP contribution in [0.4, 0.5) is 5.82 Å². The first-order valence-electron chi connectivity index (χ1n) is 11.1. The van der Waals surface area contributed by atoms with Crippen LogP contribution < -0.4 is 9.64 Å². The minimum Gasteiger partial charge on any atom is -0.488 e. The number of aromatic amines is 1. The highest BCUT2D eigenvalue weighted by Crippen LogP contribution is 2.37. The molecule has 164 valence electrons. The molecular formula is C24H27N7O. The van der Waals surface area contributed by atoms with Gasteiger partial charge in [0.15, 0.2) is 17.2 Å². The summed E-state index contributed by atoms with van der Waals surface area (Å²) in [6.45, 7) is 5.15. The first-order chi connectivity index (χ1) is 15.7. The maximum atomic E-state index is 6.05. The van der Waals surface area contributed by atoms with Gasteiger partial charge in [-0.2, -0.15) is 10.2 Å². The molecule has 8 nitrogen and oxygen atoms in total. The van der Waals surface area contributed by atoms with Crippen molar-refractivity contribution in [3.05, 3.63) is 48.5 Å². The second-order valence-corrected chi connectivity index (χ2v) is 8.34. The number of para-hydroxylation sites is 1. The Kier molecular flexibility index (Phi) is 5.73. The van der Waals surface area contributed by atoms with E-state index in [1.807, 2.05) is 0 Å². The third-order valence-electron chi connectivity index (χ3n) is 6.12. The van der Waals surface area contributed by atoms with Crippen molar-refractivity contribution in [1.82, 2.24) is 19.9 Å². The number of fused-ring (bicyclic) bond motifs is 1. The molecule has 1 aromatic carbocycles. The number of terminal acetylenes is 1. The standard InChI is InChI=1S/C24H27N7O/c1-2-3-8-24(28-29-24)9-14-32-22-16-25-18-26-23(22)31-12-10-30(11-13-31)17-20-15-19-6-4-5-7-21(19)27-20/h1,4-7,15-16,18,27H,3,8-14,17H2. The summed E-state index contributed by atoms with van der Waals surface area (Å²) in [6.07, 6.45) is 10.9. The summed E-state index contributed by atoms with van der Waals surface area (Å²) < 4.78 is 6.05. The van der Waals surface area contributed by atoms with Crippen molar-refractivity contribution in [2.24, 2.45) is 10.2 Å². The Hall–Kier alpha value is -3.44. The van der Waals surface area contributed by atoms with Gasteiger partial charge in [-0.15, -0.1) is 12.3 Å². The maximum Gasteiger partial charge on any atom is 0.195 e. The molecule has 0 amide bonds. The second-order valence-electron chi connectivity index (χ2n) is 8.34. The molecule has 0 saturated carbocycles. The number of ether oxygens (including phenoxy) is 1. The van der Waals surface area contributed by atoms with Crippen LogP contribution in [-0.4, -0.2) is 58.3 Å². The number of nitrogens with zero attached hydrogens (tertiary/aromatic N) is 6. The summed E-state index contributed by atoms with van der Waals surface area (Å²) >= 11 is 0. The smallest absolute Gasteiger partial charge is 0.195 e. The van der Waals surface area contributed by atoms with Crippen LogP contribution in [0.1, 0.15) is 25.0 Å². The zero-order valence-electron chi connectivity index (χ0n) is 18.1. The van der Waals surface area contributed by atoms with Gasteiger partial charge in [0.2, 0.25) is 0 Å². The number of H-pyrrole nitrogens is 1. The van der Waals surface area contributed by atoms with Crippen LogP contribution in [0, 0.1) is 12.3 Å². The van der Waals surface area contributed by atoms with Crippen molar-refractivity contribution >= 4 is 16.7 Å². The normalized spacial score (nSPS) is 17.4. The molecule has 4 heterocycles. The zero-order chi connectivity index (χ0) is 21.8. The Balaban J connectivity index is 1.15. The van der Waals surface area contributed by atoms with Gasteiger partial charge in [-0.05, 0) is 17.5 Å². The lowest BCUT2D eigenvalue weighted by Gasteiger charge is -2.35. The fraction of sp³-hybridized carbons (Fsp3) is 0.417. The van der Waals surface area contributed by atoms with Gasteiger partial charge in [-0.25, -0.2) is 9.97 Å². The SMILES string of the molecule is C#CCCC1(CCOc2cncnc2N2CCN(Cc3cc4ccccc4[nH]3)CC2)N=N1. The molecule has 2 aromatic heterocycles. The van der Waals surface area contributed by atoms with Crippen molar-refractivity contribution in [1.29, 1.82) is 0 Å². The van der Waals surface area contributed by atoms with E-state index in [9.17, 15) is 0 Å². The van der Waals surface area contributed by atoms with Crippen LogP contribution in [-0.2, 0) is 6.54 Å². The van der Waals surface area contributed by atoms with Gasteiger partial charge in [0.1, 0.15) is 6.33 Å². The quantitative estimate of drug-likeness (QED) is 0.526. The molecule has 1 fully saturated rings. The fourth-order valence-corrected chi connectivity index (χ4v) is 4.22. The van der Waals surface area contributed by atoms with Crippen molar-refractivity contribution in [3.8, 4) is 18.1 Å².